The molecule has 0 spiro atoms. The van der Waals surface area contributed by atoms with Crippen molar-refractivity contribution in [3.05, 3.63) is 23.2 Å². The molecule has 1 aromatic carbocycles. The first-order valence-electron chi connectivity index (χ1n) is 8.28. The molecule has 1 aromatic rings. The Morgan fingerprint density at radius 2 is 2.17 bits per heavy atom. The van der Waals surface area contributed by atoms with Crippen molar-refractivity contribution in [2.24, 2.45) is 5.92 Å². The number of halogens is 1. The zero-order valence-electron chi connectivity index (χ0n) is 14.6. The van der Waals surface area contributed by atoms with Gasteiger partial charge in [0.05, 0.1) is 11.6 Å². The van der Waals surface area contributed by atoms with Crippen molar-refractivity contribution in [3.63, 3.8) is 0 Å². The van der Waals surface area contributed by atoms with Gasteiger partial charge in [0.15, 0.2) is 0 Å². The second kappa shape index (κ2) is 8.70. The van der Waals surface area contributed by atoms with Gasteiger partial charge in [-0.3, -0.25) is 4.79 Å². The topological polar surface area (TPSA) is 56.8 Å². The predicted octanol–water partition coefficient (Wildman–Crippen LogP) is 3.90. The van der Waals surface area contributed by atoms with Crippen LogP contribution in [-0.4, -0.2) is 38.9 Å². The summed E-state index contributed by atoms with van der Waals surface area (Å²) in [4.78, 5) is 12.7. The van der Waals surface area contributed by atoms with Crippen molar-refractivity contribution >= 4 is 23.2 Å². The van der Waals surface area contributed by atoms with Crippen LogP contribution in [0.2, 0.25) is 5.02 Å². The SMILES string of the molecule is COCCOc1ccc(NC(=O)[C@]2(OC)CCC[C@@H](C)C2)cc1Cl. The molecule has 1 fully saturated rings. The van der Waals surface area contributed by atoms with Crippen molar-refractivity contribution in [1.29, 1.82) is 0 Å². The third kappa shape index (κ3) is 4.62. The van der Waals surface area contributed by atoms with E-state index in [0.717, 1.165) is 25.7 Å². The van der Waals surface area contributed by atoms with Gasteiger partial charge in [-0.2, -0.15) is 0 Å². The van der Waals surface area contributed by atoms with Crippen molar-refractivity contribution in [2.45, 2.75) is 38.2 Å². The van der Waals surface area contributed by atoms with Crippen molar-refractivity contribution < 1.29 is 19.0 Å². The largest absolute Gasteiger partial charge is 0.490 e. The Morgan fingerprint density at radius 3 is 2.79 bits per heavy atom. The standard InChI is InChI=1S/C18H26ClNO4/c1-13-5-4-8-18(12-13,23-3)17(21)20-14-6-7-16(15(19)11-14)24-10-9-22-2/h6-7,11,13H,4-5,8-10,12H2,1-3H3,(H,20,21)/t13-,18+/m1/s1. The van der Waals surface area contributed by atoms with Crippen LogP contribution in [0.25, 0.3) is 0 Å². The number of nitrogens with one attached hydrogen (secondary N) is 1. The number of benzene rings is 1. The molecule has 24 heavy (non-hydrogen) atoms. The maximum Gasteiger partial charge on any atom is 0.256 e. The summed E-state index contributed by atoms with van der Waals surface area (Å²) in [6.07, 6.45) is 3.61. The molecule has 134 valence electrons. The molecule has 1 amide bonds. The van der Waals surface area contributed by atoms with E-state index >= 15 is 0 Å². The van der Waals surface area contributed by atoms with Crippen LogP contribution in [0.15, 0.2) is 18.2 Å². The average molecular weight is 356 g/mol. The Morgan fingerprint density at radius 1 is 1.38 bits per heavy atom. The van der Waals surface area contributed by atoms with Gasteiger partial charge < -0.3 is 19.5 Å². The number of methoxy groups -OCH3 is 2. The second-order valence-corrected chi connectivity index (χ2v) is 6.75. The summed E-state index contributed by atoms with van der Waals surface area (Å²) in [7, 11) is 3.22. The van der Waals surface area contributed by atoms with Gasteiger partial charge in [0.2, 0.25) is 0 Å². The third-order valence-corrected chi connectivity index (χ3v) is 4.79. The smallest absolute Gasteiger partial charge is 0.256 e. The van der Waals surface area contributed by atoms with Gasteiger partial charge in [-0.05, 0) is 43.4 Å². The van der Waals surface area contributed by atoms with Crippen LogP contribution in [0.1, 0.15) is 32.6 Å². The number of hydrogen-bond acceptors (Lipinski definition) is 4. The molecule has 6 heteroatoms. The maximum atomic E-state index is 12.7. The van der Waals surface area contributed by atoms with Crippen LogP contribution < -0.4 is 10.1 Å². The molecule has 5 nitrogen and oxygen atoms in total. The molecule has 0 aromatic heterocycles. The van der Waals surface area contributed by atoms with E-state index in [2.05, 4.69) is 12.2 Å². The van der Waals surface area contributed by atoms with Gasteiger partial charge >= 0.3 is 0 Å². The van der Waals surface area contributed by atoms with Crippen LogP contribution in [0.5, 0.6) is 5.75 Å². The zero-order valence-corrected chi connectivity index (χ0v) is 15.3. The monoisotopic (exact) mass is 355 g/mol. The number of rotatable bonds is 7. The highest BCUT2D eigenvalue weighted by atomic mass is 35.5. The molecule has 0 bridgehead atoms. The van der Waals surface area contributed by atoms with Crippen LogP contribution in [0.3, 0.4) is 0 Å². The highest BCUT2D eigenvalue weighted by Gasteiger charge is 2.42. The quantitative estimate of drug-likeness (QED) is 0.754. The highest BCUT2D eigenvalue weighted by molar-refractivity contribution is 6.32. The van der Waals surface area contributed by atoms with Crippen LogP contribution in [0.4, 0.5) is 5.69 Å². The van der Waals surface area contributed by atoms with E-state index in [1.54, 1.807) is 32.4 Å². The first kappa shape index (κ1) is 19.0. The summed E-state index contributed by atoms with van der Waals surface area (Å²) in [5, 5.41) is 3.38. The van der Waals surface area contributed by atoms with Crippen LogP contribution in [0, 0.1) is 5.92 Å². The van der Waals surface area contributed by atoms with Crippen LogP contribution >= 0.6 is 11.6 Å². The Labute approximate surface area is 148 Å². The summed E-state index contributed by atoms with van der Waals surface area (Å²) in [5.41, 5.74) is -0.114. The lowest BCUT2D eigenvalue weighted by Crippen LogP contribution is -2.47. The van der Waals surface area contributed by atoms with E-state index in [-0.39, 0.29) is 5.91 Å². The van der Waals surface area contributed by atoms with E-state index in [1.165, 1.54) is 0 Å². The molecular weight excluding hydrogens is 330 g/mol. The molecule has 0 unspecified atom stereocenters. The predicted molar refractivity (Wildman–Crippen MR) is 94.8 cm³/mol. The van der Waals surface area contributed by atoms with E-state index in [1.807, 2.05) is 0 Å². The molecule has 2 atom stereocenters. The minimum Gasteiger partial charge on any atom is -0.490 e. The summed E-state index contributed by atoms with van der Waals surface area (Å²) >= 11 is 6.22. The van der Waals surface area contributed by atoms with Gasteiger partial charge in [0.25, 0.3) is 5.91 Å². The summed E-state index contributed by atoms with van der Waals surface area (Å²) in [5.74, 6) is 0.935. The van der Waals surface area contributed by atoms with E-state index in [4.69, 9.17) is 25.8 Å². The van der Waals surface area contributed by atoms with Gasteiger partial charge in [-0.25, -0.2) is 0 Å². The van der Waals surface area contributed by atoms with Gasteiger partial charge in [-0.1, -0.05) is 24.9 Å². The Kier molecular flexibility index (Phi) is 6.90. The van der Waals surface area contributed by atoms with E-state index < -0.39 is 5.60 Å². The molecule has 0 radical (unpaired) electrons. The highest BCUT2D eigenvalue weighted by Crippen LogP contribution is 2.36. The Bertz CT molecular complexity index is 566. The summed E-state index contributed by atoms with van der Waals surface area (Å²) in [6.45, 7) is 3.07. The van der Waals surface area contributed by atoms with Gasteiger partial charge in [-0.15, -0.1) is 0 Å². The number of anilines is 1. The number of hydrogen-bond donors (Lipinski definition) is 1. The van der Waals surface area contributed by atoms with E-state index in [0.29, 0.717) is 35.6 Å². The lowest BCUT2D eigenvalue weighted by atomic mass is 9.78. The number of carbonyl (C=O) groups is 1. The number of ether oxygens (including phenoxy) is 3. The van der Waals surface area contributed by atoms with Crippen molar-refractivity contribution in [3.8, 4) is 5.75 Å². The molecule has 0 saturated heterocycles. The summed E-state index contributed by atoms with van der Waals surface area (Å²) in [6, 6.07) is 5.22. The fourth-order valence-electron chi connectivity index (χ4n) is 3.16. The molecule has 1 N–H and O–H groups in total. The number of carbonyl (C=O) groups excluding carboxylic acids is 1. The van der Waals surface area contributed by atoms with Crippen molar-refractivity contribution in [1.82, 2.24) is 0 Å². The molecular formula is C18H26ClNO4. The molecule has 1 aliphatic carbocycles. The first-order chi connectivity index (χ1) is 11.5. The van der Waals surface area contributed by atoms with Gasteiger partial charge in [0, 0.05) is 19.9 Å². The third-order valence-electron chi connectivity index (χ3n) is 4.50. The lowest BCUT2D eigenvalue weighted by molar-refractivity contribution is -0.143. The molecule has 2 rings (SSSR count). The molecule has 0 aliphatic heterocycles. The fourth-order valence-corrected chi connectivity index (χ4v) is 3.40. The summed E-state index contributed by atoms with van der Waals surface area (Å²) < 4.78 is 16.1. The van der Waals surface area contributed by atoms with Crippen LogP contribution in [-0.2, 0) is 14.3 Å². The van der Waals surface area contributed by atoms with Gasteiger partial charge in [0.1, 0.15) is 18.0 Å². The molecule has 0 heterocycles. The zero-order chi connectivity index (χ0) is 17.6. The number of amides is 1. The first-order valence-corrected chi connectivity index (χ1v) is 8.66. The molecule has 1 saturated carbocycles. The Balaban J connectivity index is 2.04. The second-order valence-electron chi connectivity index (χ2n) is 6.34. The van der Waals surface area contributed by atoms with E-state index in [9.17, 15) is 4.79 Å². The molecule has 1 aliphatic rings. The Hall–Kier alpha value is -1.30. The minimum absolute atomic E-state index is 0.110. The van der Waals surface area contributed by atoms with Crippen molar-refractivity contribution in [2.75, 3.05) is 32.8 Å². The normalized spacial score (nSPS) is 23.8. The lowest BCUT2D eigenvalue weighted by Gasteiger charge is -2.37. The maximum absolute atomic E-state index is 12.7. The fraction of sp³-hybridized carbons (Fsp3) is 0.611. The minimum atomic E-state index is -0.752. The average Bonchev–Trinajstić information content (AvgIpc) is 2.56.